The highest BCUT2D eigenvalue weighted by atomic mass is 16.5. The summed E-state index contributed by atoms with van der Waals surface area (Å²) >= 11 is 0. The van der Waals surface area contributed by atoms with E-state index in [-0.39, 0.29) is 17.6 Å². The minimum Gasteiger partial charge on any atom is -0.423 e. The Kier molecular flexibility index (Phi) is 4.02. The van der Waals surface area contributed by atoms with Crippen LogP contribution in [-0.4, -0.2) is 28.4 Å². The summed E-state index contributed by atoms with van der Waals surface area (Å²) in [6, 6.07) is 0. The first-order valence-electron chi connectivity index (χ1n) is 6.68. The highest BCUT2D eigenvalue weighted by molar-refractivity contribution is 4.98. The van der Waals surface area contributed by atoms with Gasteiger partial charge in [-0.3, -0.25) is 0 Å². The molecule has 0 radical (unpaired) electrons. The minimum absolute atomic E-state index is 0.0526. The first kappa shape index (κ1) is 13.5. The third-order valence-electron chi connectivity index (χ3n) is 3.18. The lowest BCUT2D eigenvalue weighted by molar-refractivity contribution is 0.0962. The first-order valence-corrected chi connectivity index (χ1v) is 6.68. The van der Waals surface area contributed by atoms with E-state index in [0.29, 0.717) is 12.4 Å². The van der Waals surface area contributed by atoms with Gasteiger partial charge in [0.1, 0.15) is 0 Å². The Morgan fingerprint density at radius 1 is 1.33 bits per heavy atom. The molecule has 1 N–H and O–H groups in total. The second-order valence-corrected chi connectivity index (χ2v) is 5.85. The Morgan fingerprint density at radius 3 is 2.78 bits per heavy atom. The molecule has 2 atom stereocenters. The zero-order valence-corrected chi connectivity index (χ0v) is 11.7. The van der Waals surface area contributed by atoms with Gasteiger partial charge in [0.15, 0.2) is 0 Å². The van der Waals surface area contributed by atoms with Crippen molar-refractivity contribution in [2.75, 3.05) is 6.61 Å². The maximum Gasteiger partial charge on any atom is 0.230 e. The fourth-order valence-corrected chi connectivity index (χ4v) is 2.16. The van der Waals surface area contributed by atoms with Crippen LogP contribution in [0.25, 0.3) is 0 Å². The summed E-state index contributed by atoms with van der Waals surface area (Å²) < 4.78 is 11.4. The van der Waals surface area contributed by atoms with Crippen molar-refractivity contribution in [1.29, 1.82) is 0 Å². The Morgan fingerprint density at radius 2 is 2.11 bits per heavy atom. The number of hydrogen-bond donors (Lipinski definition) is 1. The number of nitrogens with one attached hydrogen (secondary N) is 1. The van der Waals surface area contributed by atoms with Crippen LogP contribution in [0.15, 0.2) is 4.42 Å². The Labute approximate surface area is 108 Å². The van der Waals surface area contributed by atoms with Gasteiger partial charge in [0.05, 0.1) is 18.6 Å². The molecular formula is C13H23N3O2. The Hall–Kier alpha value is -0.940. The smallest absolute Gasteiger partial charge is 0.230 e. The van der Waals surface area contributed by atoms with Crippen LogP contribution in [0.4, 0.5) is 0 Å². The lowest BCUT2D eigenvalue weighted by Gasteiger charge is -2.18. The summed E-state index contributed by atoms with van der Waals surface area (Å²) in [6.45, 7) is 9.87. The highest BCUT2D eigenvalue weighted by Gasteiger charge is 2.32. The predicted octanol–water partition coefficient (Wildman–Crippen LogP) is 2.24. The molecule has 18 heavy (non-hydrogen) atoms. The van der Waals surface area contributed by atoms with Gasteiger partial charge in [-0.2, -0.15) is 0 Å². The van der Waals surface area contributed by atoms with E-state index in [4.69, 9.17) is 9.15 Å². The van der Waals surface area contributed by atoms with Crippen LogP contribution >= 0.6 is 0 Å². The van der Waals surface area contributed by atoms with Crippen molar-refractivity contribution in [3.05, 3.63) is 11.8 Å². The average Bonchev–Trinajstić information content (AvgIpc) is 2.93. The van der Waals surface area contributed by atoms with E-state index >= 15 is 0 Å². The summed E-state index contributed by atoms with van der Waals surface area (Å²) in [7, 11) is 0. The summed E-state index contributed by atoms with van der Waals surface area (Å²) in [5, 5.41) is 11.6. The van der Waals surface area contributed by atoms with E-state index in [2.05, 4.69) is 43.2 Å². The van der Waals surface area contributed by atoms with Crippen molar-refractivity contribution in [3.63, 3.8) is 0 Å². The van der Waals surface area contributed by atoms with E-state index in [9.17, 15) is 0 Å². The SMILES string of the molecule is CCC1OCCC1c1nnc(CNC(C)(C)C)o1. The fourth-order valence-electron chi connectivity index (χ4n) is 2.16. The standard InChI is InChI=1S/C13H23N3O2/c1-5-10-9(6-7-17-10)12-16-15-11(18-12)8-14-13(2,3)4/h9-10,14H,5-8H2,1-4H3. The summed E-state index contributed by atoms with van der Waals surface area (Å²) in [5.74, 6) is 1.65. The van der Waals surface area contributed by atoms with Gasteiger partial charge in [0.2, 0.25) is 11.8 Å². The quantitative estimate of drug-likeness (QED) is 0.891. The summed E-state index contributed by atoms with van der Waals surface area (Å²) in [4.78, 5) is 0. The maximum absolute atomic E-state index is 5.73. The number of aromatic nitrogens is 2. The highest BCUT2D eigenvalue weighted by Crippen LogP contribution is 2.32. The molecule has 0 spiro atoms. The molecule has 1 aromatic rings. The van der Waals surface area contributed by atoms with E-state index in [1.54, 1.807) is 0 Å². The Balaban J connectivity index is 1.97. The molecule has 5 nitrogen and oxygen atoms in total. The molecule has 0 bridgehead atoms. The molecule has 2 rings (SSSR count). The predicted molar refractivity (Wildman–Crippen MR) is 68.3 cm³/mol. The normalized spacial score (nSPS) is 24.7. The molecule has 102 valence electrons. The second-order valence-electron chi connectivity index (χ2n) is 5.85. The molecule has 1 aliphatic rings. The van der Waals surface area contributed by atoms with E-state index in [1.807, 2.05) is 0 Å². The van der Waals surface area contributed by atoms with Gasteiger partial charge in [-0.25, -0.2) is 0 Å². The number of nitrogens with zero attached hydrogens (tertiary/aromatic N) is 2. The maximum atomic E-state index is 5.73. The van der Waals surface area contributed by atoms with E-state index in [1.165, 1.54) is 0 Å². The third kappa shape index (κ3) is 3.29. The van der Waals surface area contributed by atoms with Gasteiger partial charge >= 0.3 is 0 Å². The second kappa shape index (κ2) is 5.36. The van der Waals surface area contributed by atoms with Crippen molar-refractivity contribution < 1.29 is 9.15 Å². The zero-order valence-electron chi connectivity index (χ0n) is 11.7. The minimum atomic E-state index is 0.0526. The first-order chi connectivity index (χ1) is 8.49. The van der Waals surface area contributed by atoms with Crippen LogP contribution in [0.3, 0.4) is 0 Å². The molecule has 0 aliphatic carbocycles. The molecular weight excluding hydrogens is 230 g/mol. The topological polar surface area (TPSA) is 60.2 Å². The summed E-state index contributed by atoms with van der Waals surface area (Å²) in [5.41, 5.74) is 0.0526. The number of ether oxygens (including phenoxy) is 1. The zero-order chi connectivity index (χ0) is 13.2. The van der Waals surface area contributed by atoms with Crippen molar-refractivity contribution in [3.8, 4) is 0 Å². The van der Waals surface area contributed by atoms with Crippen LogP contribution in [-0.2, 0) is 11.3 Å². The third-order valence-corrected chi connectivity index (χ3v) is 3.18. The van der Waals surface area contributed by atoms with Gasteiger partial charge in [-0.1, -0.05) is 6.92 Å². The van der Waals surface area contributed by atoms with Crippen molar-refractivity contribution >= 4 is 0 Å². The van der Waals surface area contributed by atoms with Crippen LogP contribution < -0.4 is 5.32 Å². The molecule has 1 aromatic heterocycles. The molecule has 5 heteroatoms. The fraction of sp³-hybridized carbons (Fsp3) is 0.846. The van der Waals surface area contributed by atoms with Gasteiger partial charge in [0.25, 0.3) is 0 Å². The van der Waals surface area contributed by atoms with Crippen molar-refractivity contribution in [2.45, 2.75) is 64.6 Å². The monoisotopic (exact) mass is 253 g/mol. The molecule has 0 amide bonds. The number of rotatable bonds is 4. The van der Waals surface area contributed by atoms with Crippen LogP contribution in [0.2, 0.25) is 0 Å². The molecule has 0 aromatic carbocycles. The molecule has 2 unspecified atom stereocenters. The number of hydrogen-bond acceptors (Lipinski definition) is 5. The van der Waals surface area contributed by atoms with Gasteiger partial charge in [-0.15, -0.1) is 10.2 Å². The molecule has 1 saturated heterocycles. The molecule has 1 aliphatic heterocycles. The van der Waals surface area contributed by atoms with Crippen LogP contribution in [0.5, 0.6) is 0 Å². The molecule has 0 saturated carbocycles. The Bertz CT molecular complexity index is 384. The van der Waals surface area contributed by atoms with Gasteiger partial charge in [-0.05, 0) is 33.6 Å². The molecule has 2 heterocycles. The lowest BCUT2D eigenvalue weighted by atomic mass is 10.00. The van der Waals surface area contributed by atoms with Crippen molar-refractivity contribution in [1.82, 2.24) is 15.5 Å². The van der Waals surface area contributed by atoms with Crippen LogP contribution in [0.1, 0.15) is 58.2 Å². The van der Waals surface area contributed by atoms with E-state index < -0.39 is 0 Å². The van der Waals surface area contributed by atoms with Crippen molar-refractivity contribution in [2.24, 2.45) is 0 Å². The lowest BCUT2D eigenvalue weighted by Crippen LogP contribution is -2.35. The van der Waals surface area contributed by atoms with Gasteiger partial charge in [0, 0.05) is 12.1 Å². The van der Waals surface area contributed by atoms with E-state index in [0.717, 1.165) is 25.3 Å². The van der Waals surface area contributed by atoms with Crippen LogP contribution in [0, 0.1) is 0 Å². The molecule has 1 fully saturated rings. The van der Waals surface area contributed by atoms with Gasteiger partial charge < -0.3 is 14.5 Å². The summed E-state index contributed by atoms with van der Waals surface area (Å²) in [6.07, 6.45) is 2.20. The average molecular weight is 253 g/mol. The largest absolute Gasteiger partial charge is 0.423 e.